The second-order valence-electron chi connectivity index (χ2n) is 5.37. The maximum absolute atomic E-state index is 12.1. The van der Waals surface area contributed by atoms with Crippen molar-refractivity contribution in [2.45, 2.75) is 0 Å². The van der Waals surface area contributed by atoms with Crippen molar-refractivity contribution in [2.75, 3.05) is 42.9 Å². The molecule has 120 valence electrons. The molecule has 1 aliphatic rings. The van der Waals surface area contributed by atoms with Gasteiger partial charge in [0.1, 0.15) is 11.3 Å². The Balaban J connectivity index is 1.49. The molecule has 1 saturated heterocycles. The van der Waals surface area contributed by atoms with Crippen molar-refractivity contribution < 1.29 is 4.79 Å². The summed E-state index contributed by atoms with van der Waals surface area (Å²) in [5.74, 6) is 0.764. The fraction of sp³-hybridized carbons (Fsp3) is 0.312. The molecule has 0 spiro atoms. The highest BCUT2D eigenvalue weighted by Crippen LogP contribution is 2.22. The van der Waals surface area contributed by atoms with Crippen LogP contribution in [0.3, 0.4) is 0 Å². The van der Waals surface area contributed by atoms with Crippen LogP contribution in [-0.4, -0.2) is 53.5 Å². The number of hydrogen-bond donors (Lipinski definition) is 1. The second-order valence-corrected chi connectivity index (χ2v) is 5.78. The van der Waals surface area contributed by atoms with Crippen LogP contribution in [0.4, 0.5) is 11.5 Å². The first-order chi connectivity index (χ1) is 11.2. The monoisotopic (exact) mass is 331 g/mol. The molecule has 2 aromatic rings. The van der Waals surface area contributed by atoms with Gasteiger partial charge in [0.2, 0.25) is 5.91 Å². The van der Waals surface area contributed by atoms with Gasteiger partial charge in [0.25, 0.3) is 0 Å². The number of para-hydroxylation sites is 1. The second kappa shape index (κ2) is 7.39. The molecule has 1 aromatic heterocycles. The van der Waals surface area contributed by atoms with Gasteiger partial charge in [-0.2, -0.15) is 0 Å². The first-order valence-electron chi connectivity index (χ1n) is 7.50. The van der Waals surface area contributed by atoms with E-state index in [0.717, 1.165) is 37.7 Å². The molecule has 23 heavy (non-hydrogen) atoms. The van der Waals surface area contributed by atoms with Gasteiger partial charge in [0.15, 0.2) is 5.82 Å². The molecule has 0 bridgehead atoms. The highest BCUT2D eigenvalue weighted by atomic mass is 35.5. The van der Waals surface area contributed by atoms with Gasteiger partial charge in [-0.3, -0.25) is 9.69 Å². The van der Waals surface area contributed by atoms with Crippen molar-refractivity contribution >= 4 is 29.0 Å². The van der Waals surface area contributed by atoms with E-state index in [9.17, 15) is 4.79 Å². The molecule has 1 aromatic carbocycles. The number of hydrogen-bond acceptors (Lipinski definition) is 5. The van der Waals surface area contributed by atoms with Gasteiger partial charge in [0, 0.05) is 31.9 Å². The lowest BCUT2D eigenvalue weighted by Gasteiger charge is -2.35. The zero-order valence-electron chi connectivity index (χ0n) is 12.7. The molecule has 0 saturated carbocycles. The lowest BCUT2D eigenvalue weighted by atomic mass is 10.3. The summed E-state index contributed by atoms with van der Waals surface area (Å²) in [7, 11) is 0. The molecule has 2 heterocycles. The molecule has 1 aliphatic heterocycles. The van der Waals surface area contributed by atoms with Crippen molar-refractivity contribution in [3.63, 3.8) is 0 Å². The number of piperazine rings is 1. The summed E-state index contributed by atoms with van der Waals surface area (Å²) in [6.07, 6.45) is 3.10. The quantitative estimate of drug-likeness (QED) is 0.927. The van der Waals surface area contributed by atoms with Crippen molar-refractivity contribution in [3.05, 3.63) is 47.9 Å². The Labute approximate surface area is 140 Å². The third-order valence-corrected chi connectivity index (χ3v) is 4.01. The van der Waals surface area contributed by atoms with E-state index >= 15 is 0 Å². The lowest BCUT2D eigenvalue weighted by Crippen LogP contribution is -2.49. The summed E-state index contributed by atoms with van der Waals surface area (Å²) < 4.78 is 0. The van der Waals surface area contributed by atoms with Gasteiger partial charge in [-0.05, 0) is 12.1 Å². The van der Waals surface area contributed by atoms with Gasteiger partial charge in [-0.25, -0.2) is 9.97 Å². The number of anilines is 2. The number of benzene rings is 1. The molecule has 7 heteroatoms. The summed E-state index contributed by atoms with van der Waals surface area (Å²) in [5.41, 5.74) is 0.823. The minimum absolute atomic E-state index is 0.00437. The van der Waals surface area contributed by atoms with E-state index in [1.807, 2.05) is 30.3 Å². The minimum Gasteiger partial charge on any atom is -0.353 e. The van der Waals surface area contributed by atoms with Crippen molar-refractivity contribution in [2.24, 2.45) is 0 Å². The molecule has 6 nitrogen and oxygen atoms in total. The van der Waals surface area contributed by atoms with E-state index in [1.165, 1.54) is 6.33 Å². The Morgan fingerprint density at radius 2 is 1.91 bits per heavy atom. The molecule has 1 amide bonds. The van der Waals surface area contributed by atoms with E-state index < -0.39 is 0 Å². The van der Waals surface area contributed by atoms with Crippen molar-refractivity contribution in [1.29, 1.82) is 0 Å². The Morgan fingerprint density at radius 3 is 2.61 bits per heavy atom. The average Bonchev–Trinajstić information content (AvgIpc) is 2.57. The average molecular weight is 332 g/mol. The predicted molar refractivity (Wildman–Crippen MR) is 90.8 cm³/mol. The molecular weight excluding hydrogens is 314 g/mol. The highest BCUT2D eigenvalue weighted by molar-refractivity contribution is 6.32. The van der Waals surface area contributed by atoms with Crippen molar-refractivity contribution in [1.82, 2.24) is 14.9 Å². The van der Waals surface area contributed by atoms with Crippen LogP contribution in [-0.2, 0) is 4.79 Å². The number of nitrogens with one attached hydrogen (secondary N) is 1. The zero-order chi connectivity index (χ0) is 16.1. The summed E-state index contributed by atoms with van der Waals surface area (Å²) in [4.78, 5) is 24.5. The zero-order valence-corrected chi connectivity index (χ0v) is 13.4. The first kappa shape index (κ1) is 15.7. The number of halogens is 1. The van der Waals surface area contributed by atoms with E-state index in [-0.39, 0.29) is 5.91 Å². The van der Waals surface area contributed by atoms with Crippen LogP contribution in [0, 0.1) is 0 Å². The molecule has 0 atom stereocenters. The summed E-state index contributed by atoms with van der Waals surface area (Å²) >= 11 is 6.12. The van der Waals surface area contributed by atoms with Gasteiger partial charge < -0.3 is 10.2 Å². The standard InChI is InChI=1S/C16H18ClN5O/c17-14-10-18-12-19-16(14)22-8-6-21(7-9-22)11-15(23)20-13-4-2-1-3-5-13/h1-5,10,12H,6-9,11H2,(H,20,23). The third kappa shape index (κ3) is 4.18. The first-order valence-corrected chi connectivity index (χ1v) is 7.88. The maximum Gasteiger partial charge on any atom is 0.238 e. The number of rotatable bonds is 4. The molecular formula is C16H18ClN5O. The molecule has 1 fully saturated rings. The van der Waals surface area contributed by atoms with Crippen LogP contribution in [0.5, 0.6) is 0 Å². The Hall–Kier alpha value is -2.18. The van der Waals surface area contributed by atoms with Gasteiger partial charge in [-0.1, -0.05) is 29.8 Å². The normalized spacial score (nSPS) is 15.4. The van der Waals surface area contributed by atoms with E-state index in [0.29, 0.717) is 11.6 Å². The van der Waals surface area contributed by atoms with Crippen LogP contribution in [0.15, 0.2) is 42.9 Å². The van der Waals surface area contributed by atoms with Gasteiger partial charge in [-0.15, -0.1) is 0 Å². The number of carbonyl (C=O) groups is 1. The van der Waals surface area contributed by atoms with E-state index in [1.54, 1.807) is 6.20 Å². The number of nitrogens with zero attached hydrogens (tertiary/aromatic N) is 4. The Bertz CT molecular complexity index is 659. The molecule has 3 rings (SSSR count). The summed E-state index contributed by atoms with van der Waals surface area (Å²) in [6.45, 7) is 3.55. The van der Waals surface area contributed by atoms with E-state index in [2.05, 4.69) is 25.1 Å². The Kier molecular flexibility index (Phi) is 5.05. The predicted octanol–water partition coefficient (Wildman–Crippen LogP) is 1.89. The van der Waals surface area contributed by atoms with Crippen LogP contribution < -0.4 is 10.2 Å². The third-order valence-electron chi connectivity index (χ3n) is 3.74. The van der Waals surface area contributed by atoms with Gasteiger partial charge in [0.05, 0.1) is 12.7 Å². The summed E-state index contributed by atoms with van der Waals surface area (Å²) in [6, 6.07) is 9.49. The largest absolute Gasteiger partial charge is 0.353 e. The molecule has 0 aliphatic carbocycles. The van der Waals surface area contributed by atoms with Crippen LogP contribution in [0.1, 0.15) is 0 Å². The van der Waals surface area contributed by atoms with Gasteiger partial charge >= 0.3 is 0 Å². The summed E-state index contributed by atoms with van der Waals surface area (Å²) in [5, 5.41) is 3.46. The minimum atomic E-state index is 0.00437. The fourth-order valence-electron chi connectivity index (χ4n) is 2.58. The smallest absolute Gasteiger partial charge is 0.238 e. The van der Waals surface area contributed by atoms with E-state index in [4.69, 9.17) is 11.6 Å². The number of aromatic nitrogens is 2. The molecule has 0 radical (unpaired) electrons. The number of amides is 1. The topological polar surface area (TPSA) is 61.4 Å². The fourth-order valence-corrected chi connectivity index (χ4v) is 2.81. The lowest BCUT2D eigenvalue weighted by molar-refractivity contribution is -0.117. The Morgan fingerprint density at radius 1 is 1.17 bits per heavy atom. The van der Waals surface area contributed by atoms with Crippen LogP contribution in [0.2, 0.25) is 5.02 Å². The SMILES string of the molecule is O=C(CN1CCN(c2ncncc2Cl)CC1)Nc1ccccc1. The van der Waals surface area contributed by atoms with Crippen LogP contribution in [0.25, 0.3) is 0 Å². The van der Waals surface area contributed by atoms with Crippen LogP contribution >= 0.6 is 11.6 Å². The number of carbonyl (C=O) groups excluding carboxylic acids is 1. The molecule has 1 N–H and O–H groups in total. The highest BCUT2D eigenvalue weighted by Gasteiger charge is 2.21. The maximum atomic E-state index is 12.1. The molecule has 0 unspecified atom stereocenters. The van der Waals surface area contributed by atoms with Crippen molar-refractivity contribution in [3.8, 4) is 0 Å².